The summed E-state index contributed by atoms with van der Waals surface area (Å²) in [4.78, 5) is 29.0. The monoisotopic (exact) mass is 734 g/mol. The molecule has 0 aliphatic rings. The first-order valence-corrected chi connectivity index (χ1v) is 17.2. The Morgan fingerprint density at radius 3 is 1.02 bits per heavy atom. The average molecular weight is 735 g/mol. The minimum absolute atomic E-state index is 0.143. The molecular weight excluding hydrogens is 697 g/mol. The third-order valence-corrected chi connectivity index (χ3v) is 8.25. The van der Waals surface area contributed by atoms with Crippen LogP contribution >= 0.6 is 11.6 Å². The molecule has 6 aromatic rings. The number of nitrogens with zero attached hydrogens (tertiary/aromatic N) is 2. The molecule has 0 atom stereocenters. The lowest BCUT2D eigenvalue weighted by Gasteiger charge is -2.23. The predicted octanol–water partition coefficient (Wildman–Crippen LogP) is 11.5. The van der Waals surface area contributed by atoms with Crippen molar-refractivity contribution < 1.29 is 22.8 Å². The Labute approximate surface area is 312 Å². The van der Waals surface area contributed by atoms with Crippen molar-refractivity contribution in [3.05, 3.63) is 203 Å². The molecule has 0 saturated heterocycles. The zero-order chi connectivity index (χ0) is 37.5. The Hall–Kier alpha value is -6.06. The highest BCUT2D eigenvalue weighted by Gasteiger charge is 2.30. The molecule has 6 aromatic carbocycles. The quantitative estimate of drug-likeness (QED) is 0.147. The van der Waals surface area contributed by atoms with Crippen LogP contribution in [0.2, 0.25) is 5.02 Å². The minimum atomic E-state index is -4.41. The highest BCUT2D eigenvalue weighted by atomic mass is 35.5. The molecule has 270 valence electrons. The number of carbonyl (C=O) groups excluding carboxylic acids is 2. The number of hydrogen-bond acceptors (Lipinski definition) is 2. The van der Waals surface area contributed by atoms with E-state index in [-0.39, 0.29) is 12.1 Å². The molecule has 0 spiro atoms. The van der Waals surface area contributed by atoms with Crippen LogP contribution in [-0.4, -0.2) is 21.9 Å². The Morgan fingerprint density at radius 2 is 0.736 bits per heavy atom. The SMILES string of the molecule is O=C(Nc1ccc(C(F)(F)F)cc1)N(Cc1ccccc1)Cc1ccccc1.O=C(Nc1ccc(Cl)cc1)N(Cc1ccccc1)Cc1ccccc1. The standard InChI is InChI=1S/C22H19F3N2O.C21H19ClN2O/c23-22(24,25)19-11-13-20(14-12-19)26-21(28)27(15-17-7-3-1-4-8-17)16-18-9-5-2-6-10-18;22-19-11-13-20(14-12-19)23-21(25)24(15-17-7-3-1-4-8-17)16-18-9-5-2-6-10-18/h1-14H,15-16H2,(H,26,28);1-14H,15-16H2,(H,23,25). The molecule has 0 unspecified atom stereocenters. The summed E-state index contributed by atoms with van der Waals surface area (Å²) < 4.78 is 38.1. The summed E-state index contributed by atoms with van der Waals surface area (Å²) in [6.45, 7) is 1.83. The van der Waals surface area contributed by atoms with E-state index < -0.39 is 11.7 Å². The molecule has 6 nitrogen and oxygen atoms in total. The molecule has 4 amide bonds. The molecule has 0 aromatic heterocycles. The molecule has 0 radical (unpaired) electrons. The van der Waals surface area contributed by atoms with Crippen molar-refractivity contribution in [3.8, 4) is 0 Å². The van der Waals surface area contributed by atoms with Crippen molar-refractivity contribution in [1.82, 2.24) is 9.80 Å². The topological polar surface area (TPSA) is 64.7 Å². The zero-order valence-corrected chi connectivity index (χ0v) is 29.5. The zero-order valence-electron chi connectivity index (χ0n) is 28.7. The summed E-state index contributed by atoms with van der Waals surface area (Å²) in [6.07, 6.45) is -4.41. The van der Waals surface area contributed by atoms with E-state index in [1.54, 1.807) is 34.1 Å². The Morgan fingerprint density at radius 1 is 0.453 bits per heavy atom. The number of anilines is 2. The van der Waals surface area contributed by atoms with E-state index >= 15 is 0 Å². The Kier molecular flexibility index (Phi) is 13.7. The Balaban J connectivity index is 0.000000206. The lowest BCUT2D eigenvalue weighted by atomic mass is 10.1. The normalized spacial score (nSPS) is 10.7. The molecule has 0 aliphatic heterocycles. The van der Waals surface area contributed by atoms with E-state index in [0.717, 1.165) is 40.1 Å². The summed E-state index contributed by atoms with van der Waals surface area (Å²) in [5, 5.41) is 6.26. The fraction of sp³-hybridized carbons (Fsp3) is 0.116. The Bertz CT molecular complexity index is 1920. The second kappa shape index (κ2) is 19.0. The van der Waals surface area contributed by atoms with Gasteiger partial charge in [0.2, 0.25) is 0 Å². The van der Waals surface area contributed by atoms with Gasteiger partial charge in [0.15, 0.2) is 0 Å². The summed E-state index contributed by atoms with van der Waals surface area (Å²) in [5.74, 6) is 0. The van der Waals surface area contributed by atoms with E-state index in [1.807, 2.05) is 121 Å². The number of urea groups is 2. The molecule has 0 fully saturated rings. The van der Waals surface area contributed by atoms with Gasteiger partial charge in [0.1, 0.15) is 0 Å². The van der Waals surface area contributed by atoms with Gasteiger partial charge in [0.05, 0.1) is 5.56 Å². The third kappa shape index (κ3) is 12.6. The van der Waals surface area contributed by atoms with Crippen LogP contribution in [0.4, 0.5) is 34.1 Å². The van der Waals surface area contributed by atoms with Gasteiger partial charge in [-0.2, -0.15) is 13.2 Å². The van der Waals surface area contributed by atoms with Gasteiger partial charge in [-0.1, -0.05) is 133 Å². The summed E-state index contributed by atoms with van der Waals surface area (Å²) in [7, 11) is 0. The lowest BCUT2D eigenvalue weighted by molar-refractivity contribution is -0.137. The molecular formula is C43H38ClF3N4O2. The van der Waals surface area contributed by atoms with Crippen LogP contribution < -0.4 is 10.6 Å². The van der Waals surface area contributed by atoms with E-state index in [0.29, 0.717) is 36.9 Å². The van der Waals surface area contributed by atoms with Crippen LogP contribution in [0.1, 0.15) is 27.8 Å². The highest BCUT2D eigenvalue weighted by molar-refractivity contribution is 6.30. The van der Waals surface area contributed by atoms with Gasteiger partial charge in [0.25, 0.3) is 0 Å². The van der Waals surface area contributed by atoms with Crippen LogP contribution in [0, 0.1) is 0 Å². The van der Waals surface area contributed by atoms with Crippen molar-refractivity contribution in [3.63, 3.8) is 0 Å². The van der Waals surface area contributed by atoms with E-state index in [9.17, 15) is 22.8 Å². The number of benzene rings is 6. The molecule has 0 aliphatic carbocycles. The average Bonchev–Trinajstić information content (AvgIpc) is 3.17. The maximum atomic E-state index is 12.8. The number of rotatable bonds is 10. The van der Waals surface area contributed by atoms with Gasteiger partial charge >= 0.3 is 18.2 Å². The van der Waals surface area contributed by atoms with E-state index in [2.05, 4.69) is 10.6 Å². The van der Waals surface area contributed by atoms with Crippen molar-refractivity contribution in [2.75, 3.05) is 10.6 Å². The van der Waals surface area contributed by atoms with Crippen LogP contribution in [0.15, 0.2) is 170 Å². The molecule has 53 heavy (non-hydrogen) atoms. The molecule has 10 heteroatoms. The lowest BCUT2D eigenvalue weighted by Crippen LogP contribution is -2.34. The first kappa shape index (κ1) is 38.2. The van der Waals surface area contributed by atoms with Crippen LogP contribution in [0.3, 0.4) is 0 Å². The van der Waals surface area contributed by atoms with Gasteiger partial charge in [-0.25, -0.2) is 9.59 Å². The first-order valence-electron chi connectivity index (χ1n) is 16.8. The van der Waals surface area contributed by atoms with Gasteiger partial charge < -0.3 is 20.4 Å². The van der Waals surface area contributed by atoms with Crippen molar-refractivity contribution in [2.45, 2.75) is 32.4 Å². The molecule has 0 heterocycles. The fourth-order valence-electron chi connectivity index (χ4n) is 5.30. The number of amides is 4. The van der Waals surface area contributed by atoms with Crippen LogP contribution in [-0.2, 0) is 32.4 Å². The van der Waals surface area contributed by atoms with Crippen molar-refractivity contribution in [2.24, 2.45) is 0 Å². The number of hydrogen-bond donors (Lipinski definition) is 2. The van der Waals surface area contributed by atoms with Gasteiger partial charge in [-0.15, -0.1) is 0 Å². The maximum Gasteiger partial charge on any atom is 0.416 e. The maximum absolute atomic E-state index is 12.8. The molecule has 2 N–H and O–H groups in total. The summed E-state index contributed by atoms with van der Waals surface area (Å²) in [5.41, 5.74) is 4.37. The number of carbonyl (C=O) groups is 2. The second-order valence-corrected chi connectivity index (χ2v) is 12.5. The van der Waals surface area contributed by atoms with E-state index in [1.165, 1.54) is 12.1 Å². The highest BCUT2D eigenvalue weighted by Crippen LogP contribution is 2.30. The van der Waals surface area contributed by atoms with Crippen LogP contribution in [0.5, 0.6) is 0 Å². The first-order chi connectivity index (χ1) is 25.6. The smallest absolute Gasteiger partial charge is 0.316 e. The second-order valence-electron chi connectivity index (χ2n) is 12.1. The molecule has 0 saturated carbocycles. The number of halogens is 4. The molecule has 6 rings (SSSR count). The molecule has 0 bridgehead atoms. The largest absolute Gasteiger partial charge is 0.416 e. The number of alkyl halides is 3. The minimum Gasteiger partial charge on any atom is -0.316 e. The van der Waals surface area contributed by atoms with Gasteiger partial charge in [-0.05, 0) is 70.8 Å². The fourth-order valence-corrected chi connectivity index (χ4v) is 5.42. The third-order valence-electron chi connectivity index (χ3n) is 8.00. The summed E-state index contributed by atoms with van der Waals surface area (Å²) in [6, 6.07) is 50.0. The van der Waals surface area contributed by atoms with Crippen molar-refractivity contribution in [1.29, 1.82) is 0 Å². The van der Waals surface area contributed by atoms with Crippen LogP contribution in [0.25, 0.3) is 0 Å². The van der Waals surface area contributed by atoms with Gasteiger partial charge in [-0.3, -0.25) is 0 Å². The summed E-state index contributed by atoms with van der Waals surface area (Å²) >= 11 is 5.90. The number of nitrogens with one attached hydrogen (secondary N) is 2. The van der Waals surface area contributed by atoms with Gasteiger partial charge in [0, 0.05) is 42.6 Å². The van der Waals surface area contributed by atoms with E-state index in [4.69, 9.17) is 11.6 Å². The van der Waals surface area contributed by atoms with Crippen molar-refractivity contribution >= 4 is 35.0 Å². The predicted molar refractivity (Wildman–Crippen MR) is 205 cm³/mol.